The quantitative estimate of drug-likeness (QED) is 0.649. The van der Waals surface area contributed by atoms with Crippen LogP contribution < -0.4 is 0 Å². The third kappa shape index (κ3) is 2.68. The smallest absolute Gasteiger partial charge is 0.0976 e. The Hall–Kier alpha value is -0.590. The topological polar surface area (TPSA) is 30.3 Å². The third-order valence-corrected chi connectivity index (χ3v) is 2.83. The maximum absolute atomic E-state index is 8.90. The predicted molar refractivity (Wildman–Crippen MR) is 53.4 cm³/mol. The van der Waals surface area contributed by atoms with Crippen LogP contribution in [0.3, 0.4) is 0 Å². The Morgan fingerprint density at radius 1 is 1.23 bits per heavy atom. The molecule has 1 aliphatic rings. The summed E-state index contributed by atoms with van der Waals surface area (Å²) >= 11 is 0. The molecule has 0 aliphatic carbocycles. The molecule has 1 aliphatic heterocycles. The summed E-state index contributed by atoms with van der Waals surface area (Å²) in [7, 11) is 0. The van der Waals surface area contributed by atoms with Crippen molar-refractivity contribution in [1.82, 2.24) is 9.80 Å². The van der Waals surface area contributed by atoms with Gasteiger partial charge in [0.1, 0.15) is 0 Å². The van der Waals surface area contributed by atoms with Gasteiger partial charge in [-0.3, -0.25) is 4.90 Å². The van der Waals surface area contributed by atoms with Gasteiger partial charge in [-0.2, -0.15) is 5.26 Å². The third-order valence-electron chi connectivity index (χ3n) is 2.83. The molecule has 0 radical (unpaired) electrons. The van der Waals surface area contributed by atoms with Crippen LogP contribution in [-0.4, -0.2) is 48.6 Å². The van der Waals surface area contributed by atoms with E-state index in [9.17, 15) is 0 Å². The summed E-state index contributed by atoms with van der Waals surface area (Å²) in [4.78, 5) is 4.73. The highest BCUT2D eigenvalue weighted by Gasteiger charge is 2.21. The first-order chi connectivity index (χ1) is 6.31. The highest BCUT2D eigenvalue weighted by Crippen LogP contribution is 2.07. The molecule has 0 saturated carbocycles. The molecule has 3 nitrogen and oxygen atoms in total. The average Bonchev–Trinajstić information content (AvgIpc) is 2.21. The van der Waals surface area contributed by atoms with Crippen LogP contribution in [0, 0.1) is 11.3 Å². The van der Waals surface area contributed by atoms with E-state index < -0.39 is 0 Å². The van der Waals surface area contributed by atoms with Gasteiger partial charge in [0.15, 0.2) is 0 Å². The molecular formula is C10H19N3. The Morgan fingerprint density at radius 3 is 2.23 bits per heavy atom. The van der Waals surface area contributed by atoms with Gasteiger partial charge in [-0.05, 0) is 13.0 Å². The summed E-state index contributed by atoms with van der Waals surface area (Å²) in [5, 5.41) is 8.90. The largest absolute Gasteiger partial charge is 0.301 e. The predicted octanol–water partition coefficient (Wildman–Crippen LogP) is 0.926. The molecular weight excluding hydrogens is 162 g/mol. The van der Waals surface area contributed by atoms with Crippen LogP contribution in [0.5, 0.6) is 0 Å². The summed E-state index contributed by atoms with van der Waals surface area (Å²) in [6.45, 7) is 9.76. The lowest BCUT2D eigenvalue weighted by molar-refractivity contribution is 0.117. The van der Waals surface area contributed by atoms with Gasteiger partial charge >= 0.3 is 0 Å². The van der Waals surface area contributed by atoms with E-state index in [1.165, 1.54) is 0 Å². The average molecular weight is 181 g/mol. The van der Waals surface area contributed by atoms with Crippen molar-refractivity contribution >= 4 is 0 Å². The van der Waals surface area contributed by atoms with E-state index >= 15 is 0 Å². The Labute approximate surface area is 80.9 Å². The second-order valence-corrected chi connectivity index (χ2v) is 3.52. The SMILES string of the molecule is CCC(C#N)N1CCN(CC)CC1. The fraction of sp³-hybridized carbons (Fsp3) is 0.900. The molecule has 1 atom stereocenters. The molecule has 74 valence electrons. The maximum Gasteiger partial charge on any atom is 0.0976 e. The normalized spacial score (nSPS) is 22.5. The van der Waals surface area contributed by atoms with E-state index in [1.807, 2.05) is 0 Å². The van der Waals surface area contributed by atoms with Crippen LogP contribution in [0.15, 0.2) is 0 Å². The molecule has 1 fully saturated rings. The zero-order valence-electron chi connectivity index (χ0n) is 8.66. The second kappa shape index (κ2) is 5.21. The zero-order chi connectivity index (χ0) is 9.68. The zero-order valence-corrected chi connectivity index (χ0v) is 8.66. The van der Waals surface area contributed by atoms with Crippen LogP contribution >= 0.6 is 0 Å². The van der Waals surface area contributed by atoms with Gasteiger partial charge in [0.25, 0.3) is 0 Å². The van der Waals surface area contributed by atoms with Gasteiger partial charge in [0.05, 0.1) is 12.1 Å². The number of hydrogen-bond acceptors (Lipinski definition) is 3. The highest BCUT2D eigenvalue weighted by atomic mass is 15.3. The number of hydrogen-bond donors (Lipinski definition) is 0. The number of nitrogens with zero attached hydrogens (tertiary/aromatic N) is 3. The maximum atomic E-state index is 8.90. The number of rotatable bonds is 3. The first-order valence-electron chi connectivity index (χ1n) is 5.17. The van der Waals surface area contributed by atoms with Crippen molar-refractivity contribution in [3.8, 4) is 6.07 Å². The van der Waals surface area contributed by atoms with Crippen LogP contribution in [0.2, 0.25) is 0 Å². The Bertz CT molecular complexity index is 177. The van der Waals surface area contributed by atoms with E-state index in [1.54, 1.807) is 0 Å². The minimum Gasteiger partial charge on any atom is -0.301 e. The second-order valence-electron chi connectivity index (χ2n) is 3.52. The molecule has 3 heteroatoms. The van der Waals surface area contributed by atoms with Crippen molar-refractivity contribution < 1.29 is 0 Å². The van der Waals surface area contributed by atoms with Crippen molar-refractivity contribution in [1.29, 1.82) is 5.26 Å². The van der Waals surface area contributed by atoms with Gasteiger partial charge in [0, 0.05) is 26.2 Å². The fourth-order valence-electron chi connectivity index (χ4n) is 1.82. The lowest BCUT2D eigenvalue weighted by Crippen LogP contribution is -2.49. The molecule has 0 N–H and O–H groups in total. The minimum atomic E-state index is 0.138. The molecule has 0 spiro atoms. The fourth-order valence-corrected chi connectivity index (χ4v) is 1.82. The summed E-state index contributed by atoms with van der Waals surface area (Å²) in [6.07, 6.45) is 0.947. The van der Waals surface area contributed by atoms with Crippen molar-refractivity contribution in [3.05, 3.63) is 0 Å². The Balaban J connectivity index is 2.36. The molecule has 0 aromatic heterocycles. The van der Waals surface area contributed by atoms with Crippen LogP contribution in [0.25, 0.3) is 0 Å². The summed E-state index contributed by atoms with van der Waals surface area (Å²) < 4.78 is 0. The number of likely N-dealkylation sites (N-methyl/N-ethyl adjacent to an activating group) is 1. The molecule has 1 heterocycles. The van der Waals surface area contributed by atoms with Crippen LogP contribution in [0.1, 0.15) is 20.3 Å². The lowest BCUT2D eigenvalue weighted by atomic mass is 10.2. The molecule has 1 saturated heterocycles. The molecule has 0 bridgehead atoms. The summed E-state index contributed by atoms with van der Waals surface area (Å²) in [6, 6.07) is 2.50. The van der Waals surface area contributed by atoms with Gasteiger partial charge in [0.2, 0.25) is 0 Å². The Kier molecular flexibility index (Phi) is 4.20. The van der Waals surface area contributed by atoms with Crippen LogP contribution in [-0.2, 0) is 0 Å². The van der Waals surface area contributed by atoms with E-state index in [2.05, 4.69) is 29.7 Å². The first-order valence-corrected chi connectivity index (χ1v) is 5.17. The van der Waals surface area contributed by atoms with E-state index in [4.69, 9.17) is 5.26 Å². The van der Waals surface area contributed by atoms with Gasteiger partial charge in [-0.25, -0.2) is 0 Å². The van der Waals surface area contributed by atoms with Crippen molar-refractivity contribution in [2.75, 3.05) is 32.7 Å². The van der Waals surface area contributed by atoms with E-state index in [0.717, 1.165) is 39.1 Å². The van der Waals surface area contributed by atoms with E-state index in [-0.39, 0.29) is 6.04 Å². The van der Waals surface area contributed by atoms with E-state index in [0.29, 0.717) is 0 Å². The molecule has 1 unspecified atom stereocenters. The van der Waals surface area contributed by atoms with Crippen molar-refractivity contribution in [2.45, 2.75) is 26.3 Å². The summed E-state index contributed by atoms with van der Waals surface area (Å²) in [5.41, 5.74) is 0. The molecule has 0 aromatic rings. The van der Waals surface area contributed by atoms with Gasteiger partial charge in [-0.15, -0.1) is 0 Å². The minimum absolute atomic E-state index is 0.138. The Morgan fingerprint density at radius 2 is 1.85 bits per heavy atom. The standard InChI is InChI=1S/C10H19N3/c1-3-10(9-11)13-7-5-12(4-2)6-8-13/h10H,3-8H2,1-2H3. The van der Waals surface area contributed by atoms with Gasteiger partial charge in [-0.1, -0.05) is 13.8 Å². The lowest BCUT2D eigenvalue weighted by Gasteiger charge is -2.36. The first kappa shape index (κ1) is 10.5. The molecule has 0 aromatic carbocycles. The molecule has 13 heavy (non-hydrogen) atoms. The monoisotopic (exact) mass is 181 g/mol. The number of piperazine rings is 1. The number of nitriles is 1. The summed E-state index contributed by atoms with van der Waals surface area (Å²) in [5.74, 6) is 0. The highest BCUT2D eigenvalue weighted by molar-refractivity contribution is 4.92. The molecule has 0 amide bonds. The van der Waals surface area contributed by atoms with Gasteiger partial charge < -0.3 is 4.90 Å². The van der Waals surface area contributed by atoms with Crippen molar-refractivity contribution in [3.63, 3.8) is 0 Å². The van der Waals surface area contributed by atoms with Crippen molar-refractivity contribution in [2.24, 2.45) is 0 Å². The molecule has 1 rings (SSSR count). The van der Waals surface area contributed by atoms with Crippen LogP contribution in [0.4, 0.5) is 0 Å².